The minimum absolute atomic E-state index is 0.201. The average molecular weight is 553 g/mol. The molecule has 204 valence electrons. The van der Waals surface area contributed by atoms with E-state index in [1.165, 1.54) is 11.3 Å². The van der Waals surface area contributed by atoms with Gasteiger partial charge in [-0.15, -0.1) is 0 Å². The molecule has 40 heavy (non-hydrogen) atoms. The van der Waals surface area contributed by atoms with Crippen molar-refractivity contribution in [3.05, 3.63) is 126 Å². The topological polar surface area (TPSA) is 69.9 Å². The highest BCUT2D eigenvalue weighted by molar-refractivity contribution is 7.07. The van der Waals surface area contributed by atoms with Crippen molar-refractivity contribution in [1.82, 2.24) is 4.57 Å². The van der Waals surface area contributed by atoms with E-state index in [4.69, 9.17) is 14.5 Å². The molecule has 0 spiro atoms. The van der Waals surface area contributed by atoms with Crippen molar-refractivity contribution >= 4 is 29.1 Å². The SMILES string of the molecule is CCOC(=O)C1=C(c2ccccc2)N=c2s/c(=C/c3cc(C(C)C)c(OC)cc3C)c(=O)n2[C@@H]1c1ccccc1. The zero-order valence-corrected chi connectivity index (χ0v) is 24.1. The normalized spacial score (nSPS) is 15.2. The molecule has 1 atom stereocenters. The summed E-state index contributed by atoms with van der Waals surface area (Å²) in [6.07, 6.45) is 1.92. The second-order valence-electron chi connectivity index (χ2n) is 9.95. The van der Waals surface area contributed by atoms with Crippen molar-refractivity contribution in [2.75, 3.05) is 13.7 Å². The number of carbonyl (C=O) groups excluding carboxylic acids is 1. The number of ether oxygens (including phenoxy) is 2. The molecule has 0 radical (unpaired) electrons. The summed E-state index contributed by atoms with van der Waals surface area (Å²) in [5, 5.41) is 0. The van der Waals surface area contributed by atoms with Crippen LogP contribution in [0.15, 0.2) is 88.2 Å². The van der Waals surface area contributed by atoms with E-state index in [1.807, 2.05) is 79.7 Å². The number of aromatic nitrogens is 1. The first-order valence-electron chi connectivity index (χ1n) is 13.4. The Morgan fingerprint density at radius 3 is 2.38 bits per heavy atom. The van der Waals surface area contributed by atoms with Crippen molar-refractivity contribution in [3.8, 4) is 5.75 Å². The van der Waals surface area contributed by atoms with Crippen LogP contribution in [0.5, 0.6) is 5.75 Å². The lowest BCUT2D eigenvalue weighted by Gasteiger charge is -2.25. The summed E-state index contributed by atoms with van der Waals surface area (Å²) in [6.45, 7) is 8.23. The van der Waals surface area contributed by atoms with Gasteiger partial charge in [0, 0.05) is 5.56 Å². The lowest BCUT2D eigenvalue weighted by molar-refractivity contribution is -0.138. The molecule has 1 aliphatic rings. The van der Waals surface area contributed by atoms with Gasteiger partial charge in [0.2, 0.25) is 0 Å². The number of nitrogens with zero attached hydrogens (tertiary/aromatic N) is 2. The minimum atomic E-state index is -0.683. The van der Waals surface area contributed by atoms with Crippen LogP contribution in [-0.4, -0.2) is 24.3 Å². The number of carbonyl (C=O) groups is 1. The molecule has 7 heteroatoms. The highest BCUT2D eigenvalue weighted by atomic mass is 32.1. The van der Waals surface area contributed by atoms with Crippen LogP contribution < -0.4 is 19.6 Å². The van der Waals surface area contributed by atoms with Gasteiger partial charge in [0.1, 0.15) is 5.75 Å². The number of hydrogen-bond acceptors (Lipinski definition) is 6. The molecule has 0 bridgehead atoms. The molecule has 0 fully saturated rings. The molecule has 1 aliphatic heterocycles. The Morgan fingerprint density at radius 2 is 1.75 bits per heavy atom. The molecule has 5 rings (SSSR count). The fourth-order valence-corrected chi connectivity index (χ4v) is 6.02. The van der Waals surface area contributed by atoms with Gasteiger partial charge in [0.05, 0.1) is 35.6 Å². The van der Waals surface area contributed by atoms with E-state index in [-0.39, 0.29) is 18.1 Å². The number of rotatable bonds is 7. The molecule has 3 aromatic carbocycles. The fourth-order valence-electron chi connectivity index (χ4n) is 5.03. The van der Waals surface area contributed by atoms with Gasteiger partial charge >= 0.3 is 5.97 Å². The van der Waals surface area contributed by atoms with Gasteiger partial charge in [0.25, 0.3) is 5.56 Å². The molecule has 0 aliphatic carbocycles. The molecular weight excluding hydrogens is 520 g/mol. The number of thiazole rings is 1. The molecule has 0 saturated carbocycles. The Kier molecular flexibility index (Phi) is 7.85. The summed E-state index contributed by atoms with van der Waals surface area (Å²) < 4.78 is 13.3. The third-order valence-corrected chi connectivity index (χ3v) is 8.00. The van der Waals surface area contributed by atoms with Crippen LogP contribution in [0.4, 0.5) is 0 Å². The summed E-state index contributed by atoms with van der Waals surface area (Å²) in [6, 6.07) is 22.6. The quantitative estimate of drug-likeness (QED) is 0.289. The summed E-state index contributed by atoms with van der Waals surface area (Å²) in [4.78, 5) is 33.1. The van der Waals surface area contributed by atoms with Gasteiger partial charge in [-0.25, -0.2) is 9.79 Å². The third kappa shape index (κ3) is 5.05. The maximum atomic E-state index is 14.1. The van der Waals surface area contributed by atoms with Crippen molar-refractivity contribution < 1.29 is 14.3 Å². The number of benzene rings is 3. The van der Waals surface area contributed by atoms with Gasteiger partial charge in [-0.3, -0.25) is 9.36 Å². The first-order chi connectivity index (χ1) is 19.3. The van der Waals surface area contributed by atoms with Crippen LogP contribution in [-0.2, 0) is 9.53 Å². The van der Waals surface area contributed by atoms with E-state index >= 15 is 0 Å². The maximum Gasteiger partial charge on any atom is 0.338 e. The van der Waals surface area contributed by atoms with Gasteiger partial charge in [-0.2, -0.15) is 0 Å². The lowest BCUT2D eigenvalue weighted by atomic mass is 9.93. The Labute approximate surface area is 237 Å². The van der Waals surface area contributed by atoms with Crippen LogP contribution in [0, 0.1) is 6.92 Å². The summed E-state index contributed by atoms with van der Waals surface area (Å²) in [5.41, 5.74) is 5.28. The Morgan fingerprint density at radius 1 is 1.07 bits per heavy atom. The Bertz CT molecular complexity index is 1770. The molecule has 6 nitrogen and oxygen atoms in total. The van der Waals surface area contributed by atoms with Gasteiger partial charge < -0.3 is 9.47 Å². The smallest absolute Gasteiger partial charge is 0.338 e. The maximum absolute atomic E-state index is 14.1. The number of esters is 1. The summed E-state index contributed by atoms with van der Waals surface area (Å²) in [7, 11) is 1.67. The van der Waals surface area contributed by atoms with Gasteiger partial charge in [-0.05, 0) is 60.2 Å². The minimum Gasteiger partial charge on any atom is -0.496 e. The summed E-state index contributed by atoms with van der Waals surface area (Å²) in [5.74, 6) is 0.602. The van der Waals surface area contributed by atoms with E-state index in [1.54, 1.807) is 18.6 Å². The van der Waals surface area contributed by atoms with E-state index in [0.29, 0.717) is 20.6 Å². The monoisotopic (exact) mass is 552 g/mol. The van der Waals surface area contributed by atoms with Gasteiger partial charge in [-0.1, -0.05) is 85.8 Å². The standard InChI is InChI=1S/C33H32N2O4S/c1-6-39-32(37)28-29(22-13-9-7-10-14-22)34-33-35(30(28)23-15-11-8-12-16-23)31(36)27(40-33)19-24-18-25(20(2)3)26(38-5)17-21(24)4/h7-20,30H,6H2,1-5H3/b27-19+/t30-/m1/s1. The molecule has 0 amide bonds. The largest absolute Gasteiger partial charge is 0.496 e. The molecule has 0 N–H and O–H groups in total. The van der Waals surface area contributed by atoms with Crippen LogP contribution >= 0.6 is 11.3 Å². The molecule has 0 unspecified atom stereocenters. The molecule has 4 aromatic rings. The van der Waals surface area contributed by atoms with Crippen molar-refractivity contribution in [3.63, 3.8) is 0 Å². The number of hydrogen-bond donors (Lipinski definition) is 0. The fraction of sp³-hybridized carbons (Fsp3) is 0.242. The van der Waals surface area contributed by atoms with E-state index in [0.717, 1.165) is 33.6 Å². The first-order valence-corrected chi connectivity index (χ1v) is 14.2. The lowest BCUT2D eigenvalue weighted by Crippen LogP contribution is -2.40. The molecule has 1 aromatic heterocycles. The van der Waals surface area contributed by atoms with Gasteiger partial charge in [0.15, 0.2) is 4.80 Å². The Balaban J connectivity index is 1.81. The predicted molar refractivity (Wildman–Crippen MR) is 159 cm³/mol. The van der Waals surface area contributed by atoms with Crippen LogP contribution in [0.25, 0.3) is 11.8 Å². The Hall–Kier alpha value is -4.23. The van der Waals surface area contributed by atoms with Crippen molar-refractivity contribution in [1.29, 1.82) is 0 Å². The zero-order chi connectivity index (χ0) is 28.4. The molecular formula is C33H32N2O4S. The molecule has 0 saturated heterocycles. The second kappa shape index (κ2) is 11.5. The van der Waals surface area contributed by atoms with E-state index < -0.39 is 12.0 Å². The van der Waals surface area contributed by atoms with Crippen LogP contribution in [0.2, 0.25) is 0 Å². The molecule has 2 heterocycles. The predicted octanol–water partition coefficient (Wildman–Crippen LogP) is 5.38. The highest BCUT2D eigenvalue weighted by Crippen LogP contribution is 2.35. The average Bonchev–Trinajstić information content (AvgIpc) is 3.28. The number of fused-ring (bicyclic) bond motifs is 1. The van der Waals surface area contributed by atoms with E-state index in [2.05, 4.69) is 19.9 Å². The van der Waals surface area contributed by atoms with Crippen molar-refractivity contribution in [2.24, 2.45) is 4.99 Å². The number of aryl methyl sites for hydroxylation is 1. The van der Waals surface area contributed by atoms with Crippen molar-refractivity contribution in [2.45, 2.75) is 39.7 Å². The van der Waals surface area contributed by atoms with E-state index in [9.17, 15) is 9.59 Å². The summed E-state index contributed by atoms with van der Waals surface area (Å²) >= 11 is 1.32. The third-order valence-electron chi connectivity index (χ3n) is 7.02. The second-order valence-corrected chi connectivity index (χ2v) is 11.0. The zero-order valence-electron chi connectivity index (χ0n) is 23.3. The van der Waals surface area contributed by atoms with Crippen LogP contribution in [0.1, 0.15) is 60.5 Å². The van der Waals surface area contributed by atoms with Crippen LogP contribution in [0.3, 0.4) is 0 Å². The number of methoxy groups -OCH3 is 1. The first kappa shape index (κ1) is 27.3. The highest BCUT2D eigenvalue weighted by Gasteiger charge is 2.35.